The molecule has 0 aliphatic heterocycles. The summed E-state index contributed by atoms with van der Waals surface area (Å²) in [6.07, 6.45) is 2.26. The van der Waals surface area contributed by atoms with E-state index in [1.165, 1.54) is 16.9 Å². The van der Waals surface area contributed by atoms with E-state index >= 15 is 0 Å². The fraction of sp³-hybridized carbons (Fsp3) is 0.240. The van der Waals surface area contributed by atoms with Crippen LogP contribution in [0.25, 0.3) is 10.2 Å². The highest BCUT2D eigenvalue weighted by Crippen LogP contribution is 2.34. The van der Waals surface area contributed by atoms with Crippen LogP contribution in [0.15, 0.2) is 54.6 Å². The van der Waals surface area contributed by atoms with Crippen LogP contribution in [0.3, 0.4) is 0 Å². The number of nitrogens with zero attached hydrogens (tertiary/aromatic N) is 2. The van der Waals surface area contributed by atoms with Gasteiger partial charge in [-0.2, -0.15) is 0 Å². The highest BCUT2D eigenvalue weighted by atomic mass is 32.1. The van der Waals surface area contributed by atoms with Crippen molar-refractivity contribution in [2.75, 3.05) is 19.0 Å². The summed E-state index contributed by atoms with van der Waals surface area (Å²) in [6, 6.07) is 18.1. The number of aromatic carboxylic acids is 1. The number of ether oxygens (including phenoxy) is 1. The van der Waals surface area contributed by atoms with Gasteiger partial charge in [0, 0.05) is 13.0 Å². The van der Waals surface area contributed by atoms with E-state index in [0.717, 1.165) is 29.5 Å². The zero-order chi connectivity index (χ0) is 22.5. The molecule has 32 heavy (non-hydrogen) atoms. The molecule has 2 aromatic carbocycles. The molecule has 7 heteroatoms. The molecule has 4 aromatic rings. The smallest absolute Gasteiger partial charge is 0.346 e. The van der Waals surface area contributed by atoms with Crippen molar-refractivity contribution in [3.63, 3.8) is 0 Å². The number of carboxylic acid groups (broad SMARTS) is 1. The molecule has 6 nitrogen and oxygen atoms in total. The minimum Gasteiger partial charge on any atom is -0.496 e. The lowest BCUT2D eigenvalue weighted by Crippen LogP contribution is -2.10. The first kappa shape index (κ1) is 21.8. The van der Waals surface area contributed by atoms with E-state index in [9.17, 15) is 9.90 Å². The van der Waals surface area contributed by atoms with Crippen molar-refractivity contribution in [3.8, 4) is 5.75 Å². The minimum absolute atomic E-state index is 0.308. The first-order valence-electron chi connectivity index (χ1n) is 10.5. The van der Waals surface area contributed by atoms with E-state index < -0.39 is 5.97 Å². The van der Waals surface area contributed by atoms with Crippen LogP contribution in [0.1, 0.15) is 32.2 Å². The van der Waals surface area contributed by atoms with E-state index in [0.29, 0.717) is 39.9 Å². The van der Waals surface area contributed by atoms with Crippen LogP contribution in [0, 0.1) is 6.92 Å². The zero-order valence-corrected chi connectivity index (χ0v) is 18.9. The summed E-state index contributed by atoms with van der Waals surface area (Å²) < 4.78 is 5.44. The van der Waals surface area contributed by atoms with Gasteiger partial charge in [-0.3, -0.25) is 0 Å². The van der Waals surface area contributed by atoms with Crippen molar-refractivity contribution in [2.24, 2.45) is 0 Å². The number of hydrogen-bond acceptors (Lipinski definition) is 6. The normalized spacial score (nSPS) is 10.9. The molecule has 2 aromatic heterocycles. The maximum Gasteiger partial charge on any atom is 0.346 e. The average Bonchev–Trinajstić information content (AvgIpc) is 3.15. The zero-order valence-electron chi connectivity index (χ0n) is 18.1. The van der Waals surface area contributed by atoms with Crippen LogP contribution in [0.2, 0.25) is 0 Å². The number of para-hydroxylation sites is 1. The molecule has 0 aliphatic rings. The summed E-state index contributed by atoms with van der Waals surface area (Å²) in [5.74, 6) is 1.32. The van der Waals surface area contributed by atoms with Crippen molar-refractivity contribution in [1.29, 1.82) is 0 Å². The maximum atomic E-state index is 11.7. The Morgan fingerprint density at radius 1 is 1.03 bits per heavy atom. The third-order valence-corrected chi connectivity index (χ3v) is 6.56. The summed E-state index contributed by atoms with van der Waals surface area (Å²) in [5.41, 5.74) is 3.02. The Morgan fingerprint density at radius 3 is 2.53 bits per heavy atom. The van der Waals surface area contributed by atoms with Crippen LogP contribution >= 0.6 is 11.3 Å². The Bertz CT molecular complexity index is 1240. The van der Waals surface area contributed by atoms with E-state index in [1.54, 1.807) is 7.11 Å². The second-order valence-corrected chi connectivity index (χ2v) is 8.50. The van der Waals surface area contributed by atoms with Gasteiger partial charge in [0.05, 0.1) is 12.5 Å². The Hall–Kier alpha value is -3.45. The van der Waals surface area contributed by atoms with Gasteiger partial charge in [-0.25, -0.2) is 14.8 Å². The number of rotatable bonds is 9. The number of thiophene rings is 1. The lowest BCUT2D eigenvalue weighted by Gasteiger charge is -2.12. The van der Waals surface area contributed by atoms with Gasteiger partial charge < -0.3 is 15.2 Å². The van der Waals surface area contributed by atoms with Crippen molar-refractivity contribution in [1.82, 2.24) is 9.97 Å². The molecule has 0 aliphatic carbocycles. The number of nitrogens with one attached hydrogen (secondary N) is 1. The maximum absolute atomic E-state index is 11.7. The summed E-state index contributed by atoms with van der Waals surface area (Å²) in [7, 11) is 1.67. The topological polar surface area (TPSA) is 84.3 Å². The van der Waals surface area contributed by atoms with Gasteiger partial charge in [0.25, 0.3) is 0 Å². The second-order valence-electron chi connectivity index (χ2n) is 7.50. The number of aryl methyl sites for hydroxylation is 3. The third-order valence-electron chi connectivity index (χ3n) is 5.39. The summed E-state index contributed by atoms with van der Waals surface area (Å²) in [5, 5.41) is 13.8. The standard InChI is InChI=1S/C25H25N3O3S/c1-16-21-23(26-15-14-18-10-6-7-11-19(18)31-2)27-20(13-12-17-8-4-3-5-9-17)28-24(21)32-22(16)25(29)30/h3-11H,12-15H2,1-2H3,(H,29,30)(H,26,27,28). The largest absolute Gasteiger partial charge is 0.496 e. The fourth-order valence-electron chi connectivity index (χ4n) is 3.75. The Morgan fingerprint density at radius 2 is 1.78 bits per heavy atom. The van der Waals surface area contributed by atoms with Gasteiger partial charge in [0.15, 0.2) is 0 Å². The molecule has 164 valence electrons. The Kier molecular flexibility index (Phi) is 6.66. The first-order chi connectivity index (χ1) is 15.6. The number of carboxylic acids is 1. The number of benzene rings is 2. The number of carbonyl (C=O) groups is 1. The number of anilines is 1. The monoisotopic (exact) mass is 447 g/mol. The van der Waals surface area contributed by atoms with Gasteiger partial charge >= 0.3 is 5.97 Å². The van der Waals surface area contributed by atoms with Crippen LogP contribution in [-0.4, -0.2) is 34.7 Å². The van der Waals surface area contributed by atoms with Crippen molar-refractivity contribution in [3.05, 3.63) is 82.0 Å². The molecule has 2 N–H and O–H groups in total. The second kappa shape index (κ2) is 9.78. The Balaban J connectivity index is 1.61. The fourth-order valence-corrected chi connectivity index (χ4v) is 4.79. The molecule has 0 unspecified atom stereocenters. The predicted molar refractivity (Wildman–Crippen MR) is 128 cm³/mol. The van der Waals surface area contributed by atoms with Crippen LogP contribution in [-0.2, 0) is 19.3 Å². The molecule has 0 fully saturated rings. The van der Waals surface area contributed by atoms with Crippen molar-refractivity contribution >= 4 is 33.3 Å². The average molecular weight is 448 g/mol. The number of fused-ring (bicyclic) bond motifs is 1. The van der Waals surface area contributed by atoms with E-state index in [2.05, 4.69) is 17.4 Å². The molecule has 0 spiro atoms. The molecular weight excluding hydrogens is 422 g/mol. The molecule has 0 atom stereocenters. The van der Waals surface area contributed by atoms with E-state index in [4.69, 9.17) is 14.7 Å². The molecule has 0 amide bonds. The lowest BCUT2D eigenvalue weighted by atomic mass is 10.1. The molecular formula is C25H25N3O3S. The van der Waals surface area contributed by atoms with Gasteiger partial charge in [0.2, 0.25) is 0 Å². The highest BCUT2D eigenvalue weighted by molar-refractivity contribution is 7.20. The molecule has 0 bridgehead atoms. The van der Waals surface area contributed by atoms with Crippen LogP contribution in [0.5, 0.6) is 5.75 Å². The number of methoxy groups -OCH3 is 1. The predicted octanol–water partition coefficient (Wildman–Crippen LogP) is 5.15. The van der Waals surface area contributed by atoms with E-state index in [-0.39, 0.29) is 0 Å². The summed E-state index contributed by atoms with van der Waals surface area (Å²) in [4.78, 5) is 22.2. The Labute approximate surface area is 190 Å². The van der Waals surface area contributed by atoms with Gasteiger partial charge in [-0.1, -0.05) is 48.5 Å². The summed E-state index contributed by atoms with van der Waals surface area (Å²) in [6.45, 7) is 2.46. The molecule has 2 heterocycles. The highest BCUT2D eigenvalue weighted by Gasteiger charge is 2.20. The third kappa shape index (κ3) is 4.73. The minimum atomic E-state index is -0.934. The number of aromatic nitrogens is 2. The lowest BCUT2D eigenvalue weighted by molar-refractivity contribution is 0.0701. The SMILES string of the molecule is COc1ccccc1CCNc1nc(CCc2ccccc2)nc2sc(C(=O)O)c(C)c12. The first-order valence-corrected chi connectivity index (χ1v) is 11.3. The molecule has 0 saturated heterocycles. The molecule has 0 radical (unpaired) electrons. The van der Waals surface area contributed by atoms with Gasteiger partial charge in [-0.05, 0) is 42.5 Å². The quantitative estimate of drug-likeness (QED) is 0.369. The molecule has 0 saturated carbocycles. The van der Waals surface area contributed by atoms with Crippen molar-refractivity contribution < 1.29 is 14.6 Å². The van der Waals surface area contributed by atoms with Crippen LogP contribution < -0.4 is 10.1 Å². The van der Waals surface area contributed by atoms with Gasteiger partial charge in [0.1, 0.15) is 27.1 Å². The summed E-state index contributed by atoms with van der Waals surface area (Å²) >= 11 is 1.21. The molecule has 4 rings (SSSR count). The number of hydrogen-bond donors (Lipinski definition) is 2. The van der Waals surface area contributed by atoms with Crippen molar-refractivity contribution in [2.45, 2.75) is 26.2 Å². The van der Waals surface area contributed by atoms with Gasteiger partial charge in [-0.15, -0.1) is 11.3 Å². The van der Waals surface area contributed by atoms with E-state index in [1.807, 2.05) is 49.4 Å². The van der Waals surface area contributed by atoms with Crippen LogP contribution in [0.4, 0.5) is 5.82 Å².